The van der Waals surface area contributed by atoms with Gasteiger partial charge in [0.25, 0.3) is 0 Å². The quantitative estimate of drug-likeness (QED) is 0.176. The Morgan fingerprint density at radius 1 is 1.14 bits per heavy atom. The number of aliphatic hydroxyl groups excluding tert-OH is 1. The summed E-state index contributed by atoms with van der Waals surface area (Å²) in [6.45, 7) is 1.68. The number of carbonyl (C=O) groups excluding carboxylic acids is 2. The maximum absolute atomic E-state index is 11.9. The van der Waals surface area contributed by atoms with Crippen LogP contribution in [-0.2, 0) is 36.7 Å². The van der Waals surface area contributed by atoms with Crippen LogP contribution in [0.4, 0.5) is 0 Å². The number of carboxylic acid groups (broad SMARTS) is 1. The third kappa shape index (κ3) is 7.01. The second-order valence-corrected chi connectivity index (χ2v) is 10.5. The molecule has 12 nitrogen and oxygen atoms in total. The molecular weight excluding hydrogens is 592 g/mol. The number of imidazole rings is 1. The zero-order chi connectivity index (χ0) is 31.9. The second kappa shape index (κ2) is 14.3. The standard InChI is InChI=1S/C30H29ClN4O6.CO2/c1-3-30(39)23(16-40-22(28(37)38)15-19-10-6-4-7-11-19)41-27(25(30)36)35-17-32-24-21(33-29(31)34-26(24)35)14-18(2)20-12-8-5-9-13-20;2-1-3/h1,4-13,17-18,22-23,25,27,36,39H,14-16H2,2H3,(H,37,38);/t18-,22?,23-,25+,27-,30-;/m1./s1. The van der Waals surface area contributed by atoms with E-state index in [1.807, 2.05) is 36.4 Å². The lowest BCUT2D eigenvalue weighted by Crippen LogP contribution is -2.48. The van der Waals surface area contributed by atoms with Gasteiger partial charge < -0.3 is 24.8 Å². The Morgan fingerprint density at radius 2 is 1.77 bits per heavy atom. The Morgan fingerprint density at radius 3 is 2.39 bits per heavy atom. The van der Waals surface area contributed by atoms with Crippen molar-refractivity contribution in [3.05, 3.63) is 89.1 Å². The summed E-state index contributed by atoms with van der Waals surface area (Å²) in [4.78, 5) is 41.3. The van der Waals surface area contributed by atoms with Crippen LogP contribution in [0.5, 0.6) is 0 Å². The first-order chi connectivity index (χ1) is 21.1. The largest absolute Gasteiger partial charge is 0.479 e. The zero-order valence-corrected chi connectivity index (χ0v) is 24.2. The maximum atomic E-state index is 11.9. The number of carboxylic acids is 1. The summed E-state index contributed by atoms with van der Waals surface area (Å²) in [6, 6.07) is 18.9. The molecule has 1 aliphatic rings. The fourth-order valence-corrected chi connectivity index (χ4v) is 5.21. The number of ether oxygens (including phenoxy) is 2. The van der Waals surface area contributed by atoms with Crippen LogP contribution in [0.3, 0.4) is 0 Å². The van der Waals surface area contributed by atoms with Gasteiger partial charge in [-0.2, -0.15) is 14.6 Å². The van der Waals surface area contributed by atoms with Gasteiger partial charge in [-0.15, -0.1) is 6.42 Å². The van der Waals surface area contributed by atoms with Gasteiger partial charge in [0.2, 0.25) is 5.28 Å². The molecular formula is C31H29ClN4O8. The van der Waals surface area contributed by atoms with Crippen molar-refractivity contribution in [3.8, 4) is 12.3 Å². The first-order valence-corrected chi connectivity index (χ1v) is 13.9. The van der Waals surface area contributed by atoms with Crippen LogP contribution in [0, 0.1) is 12.3 Å². The van der Waals surface area contributed by atoms with E-state index in [4.69, 9.17) is 37.1 Å². The van der Waals surface area contributed by atoms with Crippen molar-refractivity contribution in [2.24, 2.45) is 0 Å². The summed E-state index contributed by atoms with van der Waals surface area (Å²) < 4.78 is 13.1. The highest BCUT2D eigenvalue weighted by Crippen LogP contribution is 2.39. The van der Waals surface area contributed by atoms with Crippen LogP contribution in [0.25, 0.3) is 11.2 Å². The summed E-state index contributed by atoms with van der Waals surface area (Å²) in [5.74, 6) is 1.13. The highest BCUT2D eigenvalue weighted by molar-refractivity contribution is 6.28. The summed E-state index contributed by atoms with van der Waals surface area (Å²) in [7, 11) is 0. The molecule has 0 spiro atoms. The number of hydrogen-bond acceptors (Lipinski definition) is 10. The number of carbonyl (C=O) groups is 1. The number of terminal acetylenes is 1. The number of rotatable bonds is 10. The molecule has 4 aromatic rings. The van der Waals surface area contributed by atoms with E-state index in [0.29, 0.717) is 17.6 Å². The second-order valence-electron chi connectivity index (χ2n) is 10.1. The number of aliphatic hydroxyl groups is 2. The molecule has 0 aliphatic carbocycles. The van der Waals surface area contributed by atoms with E-state index >= 15 is 0 Å². The van der Waals surface area contributed by atoms with Crippen LogP contribution in [-0.4, -0.2) is 77.5 Å². The van der Waals surface area contributed by atoms with Gasteiger partial charge in [-0.3, -0.25) is 4.57 Å². The van der Waals surface area contributed by atoms with Crippen molar-refractivity contribution in [3.63, 3.8) is 0 Å². The highest BCUT2D eigenvalue weighted by Gasteiger charge is 2.56. The van der Waals surface area contributed by atoms with Crippen LogP contribution in [0.15, 0.2) is 67.0 Å². The van der Waals surface area contributed by atoms with Crippen LogP contribution in [0.2, 0.25) is 5.28 Å². The molecule has 2 aromatic carbocycles. The third-order valence-corrected chi connectivity index (χ3v) is 7.51. The normalized spacial score (nSPS) is 22.3. The van der Waals surface area contributed by atoms with Gasteiger partial charge in [-0.1, -0.05) is 73.5 Å². The lowest BCUT2D eigenvalue weighted by atomic mass is 9.93. The first kappa shape index (κ1) is 32.4. The van der Waals surface area contributed by atoms with E-state index in [9.17, 15) is 20.1 Å². The van der Waals surface area contributed by atoms with E-state index in [2.05, 4.69) is 27.8 Å². The predicted molar refractivity (Wildman–Crippen MR) is 155 cm³/mol. The molecule has 1 fully saturated rings. The molecule has 0 bridgehead atoms. The van der Waals surface area contributed by atoms with Crippen LogP contribution in [0.1, 0.15) is 35.9 Å². The van der Waals surface area contributed by atoms with Gasteiger partial charge in [0, 0.05) is 6.42 Å². The average molecular weight is 621 g/mol. The van der Waals surface area contributed by atoms with Crippen molar-refractivity contribution in [2.75, 3.05) is 6.61 Å². The van der Waals surface area contributed by atoms with E-state index in [1.165, 1.54) is 10.9 Å². The summed E-state index contributed by atoms with van der Waals surface area (Å²) in [5, 5.41) is 32.1. The van der Waals surface area contributed by atoms with Crippen LogP contribution < -0.4 is 0 Å². The predicted octanol–water partition coefficient (Wildman–Crippen LogP) is 2.58. The Balaban J connectivity index is 0.00000141. The van der Waals surface area contributed by atoms with Crippen molar-refractivity contribution >= 4 is 34.9 Å². The van der Waals surface area contributed by atoms with Gasteiger partial charge in [0.1, 0.15) is 17.7 Å². The van der Waals surface area contributed by atoms with Crippen molar-refractivity contribution < 1.29 is 39.2 Å². The number of nitrogens with zero attached hydrogens (tertiary/aromatic N) is 4. The smallest absolute Gasteiger partial charge is 0.373 e. The van der Waals surface area contributed by atoms with Gasteiger partial charge in [0.05, 0.1) is 18.6 Å². The Bertz CT molecular complexity index is 1660. The zero-order valence-electron chi connectivity index (χ0n) is 23.5. The minimum atomic E-state index is -2.18. The number of hydrogen-bond donors (Lipinski definition) is 3. The number of benzene rings is 2. The van der Waals surface area contributed by atoms with Crippen molar-refractivity contribution in [1.82, 2.24) is 19.5 Å². The molecule has 1 aliphatic heterocycles. The molecule has 0 saturated carbocycles. The molecule has 6 atom stereocenters. The first-order valence-electron chi connectivity index (χ1n) is 13.5. The van der Waals surface area contributed by atoms with E-state index < -0.39 is 36.1 Å². The fourth-order valence-electron chi connectivity index (χ4n) is 5.03. The summed E-state index contributed by atoms with van der Waals surface area (Å²) in [5.41, 5.74) is 1.07. The molecule has 1 saturated heterocycles. The molecule has 228 valence electrons. The topological polar surface area (TPSA) is 174 Å². The van der Waals surface area contributed by atoms with E-state index in [-0.39, 0.29) is 36.0 Å². The maximum Gasteiger partial charge on any atom is 0.373 e. The van der Waals surface area contributed by atoms with Crippen molar-refractivity contribution in [2.45, 2.75) is 55.8 Å². The van der Waals surface area contributed by atoms with Gasteiger partial charge >= 0.3 is 12.1 Å². The molecule has 13 heteroatoms. The van der Waals surface area contributed by atoms with Gasteiger partial charge in [-0.25, -0.2) is 14.8 Å². The third-order valence-electron chi connectivity index (χ3n) is 7.34. The molecule has 2 aromatic heterocycles. The number of halogens is 1. The van der Waals surface area contributed by atoms with E-state index in [0.717, 1.165) is 11.1 Å². The van der Waals surface area contributed by atoms with E-state index in [1.54, 1.807) is 24.3 Å². The Labute approximate surface area is 257 Å². The molecule has 44 heavy (non-hydrogen) atoms. The van der Waals surface area contributed by atoms with Gasteiger partial charge in [0.15, 0.2) is 23.6 Å². The number of fused-ring (bicyclic) bond motifs is 1. The molecule has 5 rings (SSSR count). The monoisotopic (exact) mass is 620 g/mol. The minimum Gasteiger partial charge on any atom is -0.479 e. The van der Waals surface area contributed by atoms with Gasteiger partial charge in [-0.05, 0) is 35.1 Å². The molecule has 0 amide bonds. The number of aromatic nitrogens is 4. The minimum absolute atomic E-state index is 0.0145. The summed E-state index contributed by atoms with van der Waals surface area (Å²) >= 11 is 6.29. The average Bonchev–Trinajstić information content (AvgIpc) is 3.54. The highest BCUT2D eigenvalue weighted by atomic mass is 35.5. The SMILES string of the molecule is C#C[C@@]1(O)[C@@H](COC(Cc2ccccc2)C(=O)O)O[C@@H](n2cnc3c(C[C@@H](C)c4ccccc4)nc(Cl)nc32)[C@@H]1O.O=C=O. The van der Waals surface area contributed by atoms with Crippen molar-refractivity contribution in [1.29, 1.82) is 0 Å². The molecule has 3 heterocycles. The summed E-state index contributed by atoms with van der Waals surface area (Å²) in [6.07, 6.45) is 2.62. The van der Waals surface area contributed by atoms with Crippen LogP contribution >= 0.6 is 11.6 Å². The lowest BCUT2D eigenvalue weighted by molar-refractivity contribution is -0.191. The number of aliphatic carboxylic acids is 1. The Kier molecular flexibility index (Phi) is 10.6. The lowest BCUT2D eigenvalue weighted by Gasteiger charge is -2.26. The Hall–Kier alpha value is -4.47. The molecule has 3 N–H and O–H groups in total. The molecule has 1 unspecified atom stereocenters. The fraction of sp³-hybridized carbons (Fsp3) is 0.323. The molecule has 0 radical (unpaired) electrons.